The van der Waals surface area contributed by atoms with E-state index in [-0.39, 0.29) is 6.04 Å². The molecule has 0 aliphatic rings. The van der Waals surface area contributed by atoms with E-state index in [2.05, 4.69) is 0 Å². The maximum absolute atomic E-state index is 5.94. The van der Waals surface area contributed by atoms with Crippen LogP contribution in [-0.2, 0) is 0 Å². The second kappa shape index (κ2) is 4.46. The number of halogens is 1. The lowest BCUT2D eigenvalue weighted by molar-refractivity contribution is 0.414. The topological polar surface area (TPSA) is 61.3 Å². The number of rotatable bonds is 3. The number of methoxy groups -OCH3 is 1. The summed E-state index contributed by atoms with van der Waals surface area (Å²) in [5.41, 5.74) is 12.0. The summed E-state index contributed by atoms with van der Waals surface area (Å²) in [4.78, 5) is 0. The van der Waals surface area contributed by atoms with E-state index in [0.29, 0.717) is 11.6 Å². The third kappa shape index (κ3) is 2.34. The molecule has 0 spiro atoms. The Balaban J connectivity index is 3.03. The Hall–Kier alpha value is -0.770. The highest BCUT2D eigenvalue weighted by Crippen LogP contribution is 2.25. The molecule has 0 aliphatic carbocycles. The van der Waals surface area contributed by atoms with Gasteiger partial charge in [0.25, 0.3) is 0 Å². The Labute approximate surface area is 82.6 Å². The molecule has 4 heteroatoms. The van der Waals surface area contributed by atoms with E-state index in [4.69, 9.17) is 27.8 Å². The quantitative estimate of drug-likeness (QED) is 0.774. The fourth-order valence-corrected chi connectivity index (χ4v) is 1.32. The van der Waals surface area contributed by atoms with E-state index in [1.54, 1.807) is 25.3 Å². The Morgan fingerprint density at radius 2 is 2.23 bits per heavy atom. The van der Waals surface area contributed by atoms with E-state index >= 15 is 0 Å². The lowest BCUT2D eigenvalue weighted by Gasteiger charge is -2.12. The van der Waals surface area contributed by atoms with Gasteiger partial charge in [0.15, 0.2) is 0 Å². The van der Waals surface area contributed by atoms with Gasteiger partial charge < -0.3 is 16.2 Å². The van der Waals surface area contributed by atoms with Crippen molar-refractivity contribution in [3.63, 3.8) is 0 Å². The Morgan fingerprint density at radius 1 is 1.54 bits per heavy atom. The Bertz CT molecular complexity index is 291. The van der Waals surface area contributed by atoms with Gasteiger partial charge in [0, 0.05) is 17.6 Å². The first-order chi connectivity index (χ1) is 6.19. The third-order valence-electron chi connectivity index (χ3n) is 1.86. The number of benzene rings is 1. The highest BCUT2D eigenvalue weighted by molar-refractivity contribution is 6.31. The third-order valence-corrected chi connectivity index (χ3v) is 2.20. The van der Waals surface area contributed by atoms with Crippen LogP contribution in [0.15, 0.2) is 18.2 Å². The van der Waals surface area contributed by atoms with Gasteiger partial charge in [-0.3, -0.25) is 0 Å². The van der Waals surface area contributed by atoms with Crippen molar-refractivity contribution in [2.75, 3.05) is 13.7 Å². The summed E-state index contributed by atoms with van der Waals surface area (Å²) in [6.45, 7) is 0.368. The molecule has 1 unspecified atom stereocenters. The second-order valence-corrected chi connectivity index (χ2v) is 3.14. The molecule has 0 heterocycles. The molecule has 0 fully saturated rings. The standard InChI is InChI=1S/C9H13ClN2O/c1-13-6-2-3-8(10)7(4-6)9(12)5-11/h2-4,9H,5,11-12H2,1H3. The molecule has 3 nitrogen and oxygen atoms in total. The van der Waals surface area contributed by atoms with Crippen molar-refractivity contribution in [3.8, 4) is 5.75 Å². The average Bonchev–Trinajstić information content (AvgIpc) is 2.17. The molecule has 0 saturated heterocycles. The fourth-order valence-electron chi connectivity index (χ4n) is 1.06. The van der Waals surface area contributed by atoms with Gasteiger partial charge in [0.2, 0.25) is 0 Å². The van der Waals surface area contributed by atoms with Crippen molar-refractivity contribution in [3.05, 3.63) is 28.8 Å². The first-order valence-electron chi connectivity index (χ1n) is 3.98. The summed E-state index contributed by atoms with van der Waals surface area (Å²) in [7, 11) is 1.60. The molecule has 0 bridgehead atoms. The van der Waals surface area contributed by atoms with Gasteiger partial charge in [0.1, 0.15) is 5.75 Å². The number of hydrogen-bond acceptors (Lipinski definition) is 3. The van der Waals surface area contributed by atoms with Crippen LogP contribution in [0, 0.1) is 0 Å². The minimum absolute atomic E-state index is 0.234. The van der Waals surface area contributed by atoms with Crippen molar-refractivity contribution in [2.45, 2.75) is 6.04 Å². The lowest BCUT2D eigenvalue weighted by atomic mass is 10.1. The van der Waals surface area contributed by atoms with Crippen molar-refractivity contribution in [2.24, 2.45) is 11.5 Å². The van der Waals surface area contributed by atoms with Crippen molar-refractivity contribution < 1.29 is 4.74 Å². The number of nitrogens with two attached hydrogens (primary N) is 2. The molecule has 0 saturated carbocycles. The molecule has 1 atom stereocenters. The molecule has 4 N–H and O–H groups in total. The van der Waals surface area contributed by atoms with Gasteiger partial charge in [-0.15, -0.1) is 0 Å². The van der Waals surface area contributed by atoms with Crippen LogP contribution in [0.2, 0.25) is 5.02 Å². The zero-order valence-electron chi connectivity index (χ0n) is 7.46. The summed E-state index contributed by atoms with van der Waals surface area (Å²) in [5.74, 6) is 0.739. The summed E-state index contributed by atoms with van der Waals surface area (Å²) in [5, 5.41) is 0.624. The maximum atomic E-state index is 5.94. The van der Waals surface area contributed by atoms with Crippen LogP contribution in [-0.4, -0.2) is 13.7 Å². The molecule has 0 aliphatic heterocycles. The van der Waals surface area contributed by atoms with Gasteiger partial charge in [0.05, 0.1) is 7.11 Å². The van der Waals surface area contributed by atoms with E-state index in [1.165, 1.54) is 0 Å². The fraction of sp³-hybridized carbons (Fsp3) is 0.333. The van der Waals surface area contributed by atoms with E-state index < -0.39 is 0 Å². The van der Waals surface area contributed by atoms with E-state index in [1.807, 2.05) is 0 Å². The van der Waals surface area contributed by atoms with Crippen molar-refractivity contribution in [1.29, 1.82) is 0 Å². The molecule has 0 aromatic heterocycles. The Kier molecular flexibility index (Phi) is 3.54. The molecule has 1 aromatic carbocycles. The molecule has 1 aromatic rings. The Morgan fingerprint density at radius 3 is 2.77 bits per heavy atom. The normalized spacial score (nSPS) is 12.6. The van der Waals surface area contributed by atoms with Crippen LogP contribution in [0.1, 0.15) is 11.6 Å². The molecular weight excluding hydrogens is 188 g/mol. The van der Waals surface area contributed by atoms with Crippen molar-refractivity contribution >= 4 is 11.6 Å². The van der Waals surface area contributed by atoms with E-state index in [0.717, 1.165) is 11.3 Å². The predicted molar refractivity (Wildman–Crippen MR) is 54.0 cm³/mol. The minimum atomic E-state index is -0.234. The van der Waals surface area contributed by atoms with Gasteiger partial charge >= 0.3 is 0 Å². The van der Waals surface area contributed by atoms with Gasteiger partial charge in [-0.05, 0) is 23.8 Å². The summed E-state index contributed by atoms with van der Waals surface area (Å²) >= 11 is 5.94. The van der Waals surface area contributed by atoms with Crippen LogP contribution in [0.4, 0.5) is 0 Å². The largest absolute Gasteiger partial charge is 0.497 e. The molecule has 0 amide bonds. The lowest BCUT2D eigenvalue weighted by Crippen LogP contribution is -2.21. The van der Waals surface area contributed by atoms with Gasteiger partial charge in [-0.2, -0.15) is 0 Å². The van der Waals surface area contributed by atoms with E-state index in [9.17, 15) is 0 Å². The maximum Gasteiger partial charge on any atom is 0.119 e. The monoisotopic (exact) mass is 200 g/mol. The van der Waals surface area contributed by atoms with Crippen molar-refractivity contribution in [1.82, 2.24) is 0 Å². The molecule has 0 radical (unpaired) electrons. The predicted octanol–water partition coefficient (Wildman–Crippen LogP) is 1.31. The zero-order chi connectivity index (χ0) is 9.84. The summed E-state index contributed by atoms with van der Waals surface area (Å²) in [6.07, 6.45) is 0. The van der Waals surface area contributed by atoms with Crippen LogP contribution >= 0.6 is 11.6 Å². The van der Waals surface area contributed by atoms with Gasteiger partial charge in [-0.1, -0.05) is 11.6 Å². The summed E-state index contributed by atoms with van der Waals surface area (Å²) in [6, 6.07) is 5.11. The first kappa shape index (κ1) is 10.3. The number of ether oxygens (including phenoxy) is 1. The van der Waals surface area contributed by atoms with Crippen LogP contribution in [0.5, 0.6) is 5.75 Å². The molecule has 1 rings (SSSR count). The average molecular weight is 201 g/mol. The second-order valence-electron chi connectivity index (χ2n) is 2.73. The highest BCUT2D eigenvalue weighted by Gasteiger charge is 2.09. The highest BCUT2D eigenvalue weighted by atomic mass is 35.5. The van der Waals surface area contributed by atoms with Gasteiger partial charge in [-0.25, -0.2) is 0 Å². The van der Waals surface area contributed by atoms with Crippen LogP contribution < -0.4 is 16.2 Å². The number of hydrogen-bond donors (Lipinski definition) is 2. The molecule has 72 valence electrons. The molecule has 13 heavy (non-hydrogen) atoms. The first-order valence-corrected chi connectivity index (χ1v) is 4.36. The minimum Gasteiger partial charge on any atom is -0.497 e. The smallest absolute Gasteiger partial charge is 0.119 e. The summed E-state index contributed by atoms with van der Waals surface area (Å²) < 4.78 is 5.05. The molecular formula is C9H13ClN2O. The zero-order valence-corrected chi connectivity index (χ0v) is 8.21. The van der Waals surface area contributed by atoms with Crippen LogP contribution in [0.3, 0.4) is 0 Å². The van der Waals surface area contributed by atoms with Crippen LogP contribution in [0.25, 0.3) is 0 Å². The SMILES string of the molecule is COc1ccc(Cl)c(C(N)CN)c1.